The van der Waals surface area contributed by atoms with Crippen LogP contribution in [0.25, 0.3) is 0 Å². The Morgan fingerprint density at radius 3 is 2.35 bits per heavy atom. The highest BCUT2D eigenvalue weighted by Crippen LogP contribution is 2.35. The van der Waals surface area contributed by atoms with Crippen molar-refractivity contribution in [1.29, 1.82) is 0 Å². The van der Waals surface area contributed by atoms with Crippen molar-refractivity contribution < 1.29 is 18.0 Å². The van der Waals surface area contributed by atoms with Gasteiger partial charge < -0.3 is 0 Å². The van der Waals surface area contributed by atoms with E-state index in [4.69, 9.17) is 0 Å². The van der Waals surface area contributed by atoms with E-state index in [9.17, 15) is 18.0 Å². The van der Waals surface area contributed by atoms with Crippen LogP contribution in [-0.4, -0.2) is 17.9 Å². The first-order chi connectivity index (χ1) is 9.41. The Balaban J connectivity index is 2.40. The van der Waals surface area contributed by atoms with E-state index in [1.165, 1.54) is 31.4 Å². The number of benzene rings is 1. The lowest BCUT2D eigenvalue weighted by Gasteiger charge is -2.20. The maximum absolute atomic E-state index is 12.9. The number of aromatic nitrogens is 1. The second-order valence-electron chi connectivity index (χ2n) is 4.10. The molecule has 0 bridgehead atoms. The molecule has 1 aromatic heterocycles. The molecule has 0 aliphatic carbocycles. The van der Waals surface area contributed by atoms with Crippen LogP contribution in [-0.2, 0) is 6.18 Å². The fourth-order valence-corrected chi connectivity index (χ4v) is 1.76. The van der Waals surface area contributed by atoms with E-state index in [1.54, 1.807) is 18.2 Å². The number of nitrogens with zero attached hydrogens (tertiary/aromatic N) is 2. The summed E-state index contributed by atoms with van der Waals surface area (Å²) in [6.45, 7) is 0. The van der Waals surface area contributed by atoms with Gasteiger partial charge in [0.05, 0.1) is 5.56 Å². The lowest BCUT2D eigenvalue weighted by atomic mass is 10.2. The van der Waals surface area contributed by atoms with Crippen molar-refractivity contribution in [1.82, 2.24) is 4.98 Å². The maximum Gasteiger partial charge on any atom is 0.419 e. The second kappa shape index (κ2) is 5.32. The van der Waals surface area contributed by atoms with Crippen molar-refractivity contribution in [2.24, 2.45) is 0 Å². The summed E-state index contributed by atoms with van der Waals surface area (Å²) in [4.78, 5) is 16.7. The molecule has 1 amide bonds. The number of pyridine rings is 1. The zero-order chi connectivity index (χ0) is 14.8. The molecule has 6 heteroatoms. The number of carbonyl (C=O) groups excluding carboxylic acids is 1. The van der Waals surface area contributed by atoms with Crippen LogP contribution in [0.3, 0.4) is 0 Å². The highest BCUT2D eigenvalue weighted by molar-refractivity contribution is 6.05. The van der Waals surface area contributed by atoms with E-state index in [-0.39, 0.29) is 0 Å². The normalized spacial score (nSPS) is 11.2. The fourth-order valence-electron chi connectivity index (χ4n) is 1.76. The third-order valence-corrected chi connectivity index (χ3v) is 2.74. The molecule has 0 unspecified atom stereocenters. The standard InChI is InChI=1S/C14H11F3N2O/c1-19(13(20)10-6-3-2-4-7-10)12-11(14(15,16)17)8-5-9-18-12/h2-9H,1H3. The molecule has 104 valence electrons. The van der Waals surface area contributed by atoms with Gasteiger partial charge in [0.15, 0.2) is 0 Å². The molecule has 2 aromatic rings. The van der Waals surface area contributed by atoms with Crippen LogP contribution < -0.4 is 4.90 Å². The Morgan fingerprint density at radius 1 is 1.10 bits per heavy atom. The average molecular weight is 280 g/mol. The van der Waals surface area contributed by atoms with Gasteiger partial charge in [0.25, 0.3) is 5.91 Å². The molecule has 0 fully saturated rings. The molecular weight excluding hydrogens is 269 g/mol. The number of alkyl halides is 3. The number of hydrogen-bond acceptors (Lipinski definition) is 2. The number of hydrogen-bond donors (Lipinski definition) is 0. The Kier molecular flexibility index (Phi) is 3.74. The monoisotopic (exact) mass is 280 g/mol. The highest BCUT2D eigenvalue weighted by atomic mass is 19.4. The molecule has 0 N–H and O–H groups in total. The third-order valence-electron chi connectivity index (χ3n) is 2.74. The molecule has 0 aliphatic rings. The van der Waals surface area contributed by atoms with Crippen molar-refractivity contribution in [3.05, 3.63) is 59.8 Å². The minimum absolute atomic E-state index is 0.300. The number of halogens is 3. The van der Waals surface area contributed by atoms with E-state index in [0.717, 1.165) is 11.0 Å². The van der Waals surface area contributed by atoms with E-state index < -0.39 is 23.5 Å². The van der Waals surface area contributed by atoms with Gasteiger partial charge in [0.1, 0.15) is 5.82 Å². The van der Waals surface area contributed by atoms with Gasteiger partial charge in [-0.05, 0) is 24.3 Å². The highest BCUT2D eigenvalue weighted by Gasteiger charge is 2.36. The lowest BCUT2D eigenvalue weighted by Crippen LogP contribution is -2.29. The van der Waals surface area contributed by atoms with Crippen LogP contribution in [0.1, 0.15) is 15.9 Å². The number of rotatable bonds is 2. The predicted octanol–water partition coefficient (Wildman–Crippen LogP) is 3.38. The number of anilines is 1. The molecule has 0 aliphatic heterocycles. The summed E-state index contributed by atoms with van der Waals surface area (Å²) in [5.41, 5.74) is -0.638. The zero-order valence-electron chi connectivity index (χ0n) is 10.6. The Labute approximate surface area is 113 Å². The van der Waals surface area contributed by atoms with Gasteiger partial charge in [0, 0.05) is 18.8 Å². The summed E-state index contributed by atoms with van der Waals surface area (Å²) in [6, 6.07) is 10.2. The van der Waals surface area contributed by atoms with E-state index in [1.807, 2.05) is 0 Å². The summed E-state index contributed by atoms with van der Waals surface area (Å²) < 4.78 is 38.7. The average Bonchev–Trinajstić information content (AvgIpc) is 2.46. The topological polar surface area (TPSA) is 33.2 Å². The summed E-state index contributed by atoms with van der Waals surface area (Å²) in [5.74, 6) is -0.955. The first-order valence-electron chi connectivity index (χ1n) is 5.76. The van der Waals surface area contributed by atoms with Crippen LogP contribution in [0.2, 0.25) is 0 Å². The summed E-state index contributed by atoms with van der Waals surface area (Å²) in [7, 11) is 1.27. The third kappa shape index (κ3) is 2.79. The Hall–Kier alpha value is -2.37. The molecule has 0 radical (unpaired) electrons. The SMILES string of the molecule is CN(C(=O)c1ccccc1)c1ncccc1C(F)(F)F. The quantitative estimate of drug-likeness (QED) is 0.845. The van der Waals surface area contributed by atoms with Crippen molar-refractivity contribution in [2.75, 3.05) is 11.9 Å². The number of amides is 1. The first-order valence-corrected chi connectivity index (χ1v) is 5.76. The molecular formula is C14H11F3N2O. The van der Waals surface area contributed by atoms with Crippen LogP contribution in [0.5, 0.6) is 0 Å². The molecule has 0 atom stereocenters. The van der Waals surface area contributed by atoms with Gasteiger partial charge in [-0.1, -0.05) is 18.2 Å². The van der Waals surface area contributed by atoms with Crippen LogP contribution >= 0.6 is 0 Å². The van der Waals surface area contributed by atoms with Gasteiger partial charge >= 0.3 is 6.18 Å². The molecule has 2 rings (SSSR count). The van der Waals surface area contributed by atoms with Gasteiger partial charge in [-0.2, -0.15) is 13.2 Å². The molecule has 0 saturated heterocycles. The molecule has 1 aromatic carbocycles. The van der Waals surface area contributed by atoms with E-state index >= 15 is 0 Å². The van der Waals surface area contributed by atoms with Gasteiger partial charge in [-0.15, -0.1) is 0 Å². The Bertz CT molecular complexity index is 611. The minimum Gasteiger partial charge on any atom is -0.295 e. The van der Waals surface area contributed by atoms with Crippen molar-refractivity contribution in [2.45, 2.75) is 6.18 Å². The van der Waals surface area contributed by atoms with Gasteiger partial charge in [0.2, 0.25) is 0 Å². The van der Waals surface area contributed by atoms with Gasteiger partial charge in [-0.25, -0.2) is 4.98 Å². The molecule has 0 spiro atoms. The first kappa shape index (κ1) is 14.0. The van der Waals surface area contributed by atoms with Crippen LogP contribution in [0.4, 0.5) is 19.0 Å². The smallest absolute Gasteiger partial charge is 0.295 e. The number of carbonyl (C=O) groups is 1. The minimum atomic E-state index is -4.56. The largest absolute Gasteiger partial charge is 0.419 e. The fraction of sp³-hybridized carbons (Fsp3) is 0.143. The Morgan fingerprint density at radius 2 is 1.75 bits per heavy atom. The lowest BCUT2D eigenvalue weighted by molar-refractivity contribution is -0.137. The van der Waals surface area contributed by atoms with Gasteiger partial charge in [-0.3, -0.25) is 9.69 Å². The second-order valence-corrected chi connectivity index (χ2v) is 4.10. The molecule has 1 heterocycles. The van der Waals surface area contributed by atoms with Crippen molar-refractivity contribution in [3.63, 3.8) is 0 Å². The maximum atomic E-state index is 12.9. The van der Waals surface area contributed by atoms with Crippen molar-refractivity contribution in [3.8, 4) is 0 Å². The molecule has 0 saturated carbocycles. The molecule has 20 heavy (non-hydrogen) atoms. The van der Waals surface area contributed by atoms with Crippen LogP contribution in [0.15, 0.2) is 48.7 Å². The summed E-state index contributed by atoms with van der Waals surface area (Å²) >= 11 is 0. The van der Waals surface area contributed by atoms with Crippen LogP contribution in [0, 0.1) is 0 Å². The van der Waals surface area contributed by atoms with E-state index in [2.05, 4.69) is 4.98 Å². The molecule has 3 nitrogen and oxygen atoms in total. The zero-order valence-corrected chi connectivity index (χ0v) is 10.6. The van der Waals surface area contributed by atoms with Crippen molar-refractivity contribution >= 4 is 11.7 Å². The van der Waals surface area contributed by atoms with E-state index in [0.29, 0.717) is 5.56 Å². The summed E-state index contributed by atoms with van der Waals surface area (Å²) in [6.07, 6.45) is -3.34. The summed E-state index contributed by atoms with van der Waals surface area (Å²) in [5, 5.41) is 0. The predicted molar refractivity (Wildman–Crippen MR) is 68.4 cm³/mol.